The lowest BCUT2D eigenvalue weighted by molar-refractivity contribution is 0.0527. The molecule has 0 amide bonds. The van der Waals surface area contributed by atoms with Gasteiger partial charge in [-0.2, -0.15) is 0 Å². The number of nitrogen functional groups attached to an aromatic ring is 1. The molecule has 0 saturated heterocycles. The summed E-state index contributed by atoms with van der Waals surface area (Å²) in [6, 6.07) is 5.83. The highest BCUT2D eigenvalue weighted by atomic mass is 16.5. The van der Waals surface area contributed by atoms with Gasteiger partial charge in [-0.3, -0.25) is 10.8 Å². The molecule has 3 N–H and O–H groups in total. The predicted octanol–water partition coefficient (Wildman–Crippen LogP) is 2.26. The maximum atomic E-state index is 11.9. The van der Waals surface area contributed by atoms with E-state index in [9.17, 15) is 4.79 Å². The summed E-state index contributed by atoms with van der Waals surface area (Å²) in [5, 5.41) is 0.826. The molecule has 0 saturated carbocycles. The predicted molar refractivity (Wildman–Crippen MR) is 74.9 cm³/mol. The van der Waals surface area contributed by atoms with Crippen LogP contribution in [-0.2, 0) is 11.2 Å². The summed E-state index contributed by atoms with van der Waals surface area (Å²) >= 11 is 0. The van der Waals surface area contributed by atoms with E-state index in [0.29, 0.717) is 17.9 Å². The third-order valence-corrected chi connectivity index (χ3v) is 3.00. The molecule has 100 valence electrons. The fraction of sp³-hybridized carbons (Fsp3) is 0.286. The molecule has 0 bridgehead atoms. The third-order valence-electron chi connectivity index (χ3n) is 3.00. The lowest BCUT2D eigenvalue weighted by Gasteiger charge is -2.12. The first-order chi connectivity index (χ1) is 9.22. The Morgan fingerprint density at radius 3 is 2.84 bits per heavy atom. The van der Waals surface area contributed by atoms with Crippen LogP contribution in [0.2, 0.25) is 0 Å². The van der Waals surface area contributed by atoms with Crippen molar-refractivity contribution in [3.05, 3.63) is 35.5 Å². The smallest absolute Gasteiger partial charge is 0.341 e. The zero-order valence-corrected chi connectivity index (χ0v) is 11.1. The first-order valence-electron chi connectivity index (χ1n) is 6.27. The topological polar surface area (TPSA) is 77.2 Å². The Kier molecular flexibility index (Phi) is 3.97. The van der Waals surface area contributed by atoms with Gasteiger partial charge in [0.1, 0.15) is 5.56 Å². The summed E-state index contributed by atoms with van der Waals surface area (Å²) in [4.78, 5) is 16.2. The first-order valence-corrected chi connectivity index (χ1v) is 6.27. The van der Waals surface area contributed by atoms with E-state index in [4.69, 9.17) is 10.6 Å². The minimum atomic E-state index is -0.424. The Hall–Kier alpha value is -2.14. The molecule has 0 aliphatic rings. The first kappa shape index (κ1) is 13.3. The van der Waals surface area contributed by atoms with Crippen molar-refractivity contribution in [3.8, 4) is 0 Å². The number of hydrogen-bond donors (Lipinski definition) is 2. The highest BCUT2D eigenvalue weighted by Crippen LogP contribution is 2.28. The van der Waals surface area contributed by atoms with Gasteiger partial charge in [-0.25, -0.2) is 4.79 Å². The van der Waals surface area contributed by atoms with E-state index in [2.05, 4.69) is 17.3 Å². The molecule has 5 nitrogen and oxygen atoms in total. The summed E-state index contributed by atoms with van der Waals surface area (Å²) in [5.41, 5.74) is 5.46. The second kappa shape index (κ2) is 5.67. The quantitative estimate of drug-likeness (QED) is 0.500. The average Bonchev–Trinajstić information content (AvgIpc) is 2.45. The molecular formula is C14H17N3O2. The Labute approximate surface area is 111 Å². The number of esters is 1. The standard InChI is InChI=1S/C14H17N3O2/c1-3-9-6-5-7-10-12(9)16-8-11(13(10)17-15)14(18)19-4-2/h5-8H,3-4,15H2,1-2H3,(H,16,17). The van der Waals surface area contributed by atoms with Crippen LogP contribution < -0.4 is 11.3 Å². The molecular weight excluding hydrogens is 242 g/mol. The van der Waals surface area contributed by atoms with Gasteiger partial charge in [0.2, 0.25) is 0 Å². The third kappa shape index (κ3) is 2.37. The molecule has 1 aromatic heterocycles. The van der Waals surface area contributed by atoms with Gasteiger partial charge in [-0.15, -0.1) is 0 Å². The Bertz CT molecular complexity index is 611. The van der Waals surface area contributed by atoms with Gasteiger partial charge in [0.15, 0.2) is 0 Å². The van der Waals surface area contributed by atoms with Crippen LogP contribution in [0.1, 0.15) is 29.8 Å². The number of nitrogens with one attached hydrogen (secondary N) is 1. The van der Waals surface area contributed by atoms with Crippen molar-refractivity contribution in [2.45, 2.75) is 20.3 Å². The van der Waals surface area contributed by atoms with Gasteiger partial charge >= 0.3 is 5.97 Å². The number of rotatable bonds is 4. The number of carbonyl (C=O) groups is 1. The lowest BCUT2D eigenvalue weighted by Crippen LogP contribution is -2.15. The summed E-state index contributed by atoms with van der Waals surface area (Å²) in [6.07, 6.45) is 2.38. The minimum absolute atomic E-state index is 0.315. The highest BCUT2D eigenvalue weighted by molar-refractivity contribution is 6.05. The normalized spacial score (nSPS) is 10.5. The van der Waals surface area contributed by atoms with E-state index in [1.165, 1.54) is 6.20 Å². The molecule has 0 aliphatic carbocycles. The van der Waals surface area contributed by atoms with Gasteiger partial charge in [0.25, 0.3) is 0 Å². The molecule has 0 spiro atoms. The number of carbonyl (C=O) groups excluding carboxylic acids is 1. The number of fused-ring (bicyclic) bond motifs is 1. The van der Waals surface area contributed by atoms with Gasteiger partial charge < -0.3 is 10.2 Å². The van der Waals surface area contributed by atoms with Crippen molar-refractivity contribution < 1.29 is 9.53 Å². The molecule has 2 rings (SSSR count). The van der Waals surface area contributed by atoms with Gasteiger partial charge in [0, 0.05) is 11.6 Å². The number of anilines is 1. The van der Waals surface area contributed by atoms with E-state index >= 15 is 0 Å². The highest BCUT2D eigenvalue weighted by Gasteiger charge is 2.16. The summed E-state index contributed by atoms with van der Waals surface area (Å²) in [5.74, 6) is 5.13. The Morgan fingerprint density at radius 2 is 2.21 bits per heavy atom. The minimum Gasteiger partial charge on any atom is -0.462 e. The fourth-order valence-electron chi connectivity index (χ4n) is 2.09. The van der Waals surface area contributed by atoms with Crippen molar-refractivity contribution in [2.75, 3.05) is 12.0 Å². The maximum absolute atomic E-state index is 11.9. The molecule has 2 aromatic rings. The zero-order chi connectivity index (χ0) is 13.8. The van der Waals surface area contributed by atoms with Crippen LogP contribution in [0.5, 0.6) is 0 Å². The summed E-state index contributed by atoms with van der Waals surface area (Å²) < 4.78 is 5.00. The molecule has 1 aromatic carbocycles. The second-order valence-electron chi connectivity index (χ2n) is 4.08. The average molecular weight is 259 g/mol. The number of aryl methyl sites for hydroxylation is 1. The van der Waals surface area contributed by atoms with Gasteiger partial charge in [0.05, 0.1) is 17.8 Å². The molecule has 1 heterocycles. The van der Waals surface area contributed by atoms with Crippen molar-refractivity contribution >= 4 is 22.6 Å². The largest absolute Gasteiger partial charge is 0.462 e. The number of nitrogens with two attached hydrogens (primary N) is 1. The van der Waals surface area contributed by atoms with Crippen LogP contribution in [0.4, 0.5) is 5.69 Å². The van der Waals surface area contributed by atoms with Crippen LogP contribution in [0, 0.1) is 0 Å². The van der Waals surface area contributed by atoms with Crippen molar-refractivity contribution in [1.29, 1.82) is 0 Å². The van der Waals surface area contributed by atoms with E-state index in [1.807, 2.05) is 18.2 Å². The van der Waals surface area contributed by atoms with Crippen LogP contribution in [0.15, 0.2) is 24.4 Å². The van der Waals surface area contributed by atoms with Crippen LogP contribution >= 0.6 is 0 Å². The van der Waals surface area contributed by atoms with Gasteiger partial charge in [-0.1, -0.05) is 25.1 Å². The number of ether oxygens (including phenoxy) is 1. The zero-order valence-electron chi connectivity index (χ0n) is 11.1. The number of para-hydroxylation sites is 1. The monoisotopic (exact) mass is 259 g/mol. The molecule has 19 heavy (non-hydrogen) atoms. The number of benzene rings is 1. The molecule has 0 fully saturated rings. The summed E-state index contributed by atoms with van der Waals surface area (Å²) in [6.45, 7) is 4.14. The SMILES string of the molecule is CCOC(=O)c1cnc2c(CC)cccc2c1NN. The second-order valence-corrected chi connectivity index (χ2v) is 4.08. The molecule has 0 unspecified atom stereocenters. The number of nitrogens with zero attached hydrogens (tertiary/aromatic N) is 1. The maximum Gasteiger partial charge on any atom is 0.341 e. The Morgan fingerprint density at radius 1 is 1.42 bits per heavy atom. The molecule has 0 atom stereocenters. The fourth-order valence-corrected chi connectivity index (χ4v) is 2.09. The summed E-state index contributed by atoms with van der Waals surface area (Å²) in [7, 11) is 0. The number of hydrazine groups is 1. The molecule has 5 heteroatoms. The van der Waals surface area contributed by atoms with Crippen LogP contribution in [-0.4, -0.2) is 17.6 Å². The van der Waals surface area contributed by atoms with Crippen molar-refractivity contribution in [2.24, 2.45) is 5.84 Å². The van der Waals surface area contributed by atoms with E-state index in [1.54, 1.807) is 6.92 Å². The van der Waals surface area contributed by atoms with Crippen LogP contribution in [0.3, 0.4) is 0 Å². The number of aromatic nitrogens is 1. The van der Waals surface area contributed by atoms with Crippen LogP contribution in [0.25, 0.3) is 10.9 Å². The molecule has 0 aliphatic heterocycles. The number of hydrogen-bond acceptors (Lipinski definition) is 5. The van der Waals surface area contributed by atoms with Gasteiger partial charge in [-0.05, 0) is 18.9 Å². The molecule has 0 radical (unpaired) electrons. The van der Waals surface area contributed by atoms with Crippen molar-refractivity contribution in [1.82, 2.24) is 4.98 Å². The Balaban J connectivity index is 2.66. The number of pyridine rings is 1. The van der Waals surface area contributed by atoms with E-state index < -0.39 is 5.97 Å². The van der Waals surface area contributed by atoms with E-state index in [0.717, 1.165) is 22.9 Å². The van der Waals surface area contributed by atoms with Crippen molar-refractivity contribution in [3.63, 3.8) is 0 Å². The van der Waals surface area contributed by atoms with E-state index in [-0.39, 0.29) is 0 Å². The lowest BCUT2D eigenvalue weighted by atomic mass is 10.0.